The molecular weight excluding hydrogens is 471 g/mol. The second-order valence-corrected chi connectivity index (χ2v) is 10.6. The number of nitrogens with zero attached hydrogens (tertiary/aromatic N) is 3. The third kappa shape index (κ3) is 5.36. The SMILES string of the molecule is CCOCc1nc2c(N)nc(C)c(C)c2n1CCCCCS(=O)(=O)c1ccc(Cl)cc1Cl. The number of fused-ring (bicyclic) bond motifs is 1. The molecule has 0 fully saturated rings. The van der Waals surface area contributed by atoms with E-state index in [9.17, 15) is 8.42 Å². The van der Waals surface area contributed by atoms with Crippen LogP contribution in [0.5, 0.6) is 0 Å². The molecule has 3 aromatic rings. The number of halogens is 2. The van der Waals surface area contributed by atoms with Crippen molar-refractivity contribution in [2.75, 3.05) is 18.1 Å². The number of aryl methyl sites for hydroxylation is 3. The van der Waals surface area contributed by atoms with Crippen molar-refractivity contribution in [3.05, 3.63) is 45.3 Å². The molecule has 174 valence electrons. The minimum Gasteiger partial charge on any atom is -0.382 e. The van der Waals surface area contributed by atoms with E-state index in [0.29, 0.717) is 42.5 Å². The van der Waals surface area contributed by atoms with Gasteiger partial charge in [-0.15, -0.1) is 0 Å². The molecule has 0 amide bonds. The average molecular weight is 499 g/mol. The van der Waals surface area contributed by atoms with Gasteiger partial charge in [-0.3, -0.25) is 0 Å². The van der Waals surface area contributed by atoms with E-state index in [1.165, 1.54) is 18.2 Å². The van der Waals surface area contributed by atoms with Crippen LogP contribution in [0.4, 0.5) is 5.82 Å². The molecule has 2 N–H and O–H groups in total. The highest BCUT2D eigenvalue weighted by atomic mass is 35.5. The highest BCUT2D eigenvalue weighted by Crippen LogP contribution is 2.28. The predicted molar refractivity (Wildman–Crippen MR) is 129 cm³/mol. The molecule has 0 saturated heterocycles. The lowest BCUT2D eigenvalue weighted by Gasteiger charge is -2.12. The summed E-state index contributed by atoms with van der Waals surface area (Å²) in [5.74, 6) is 1.23. The second-order valence-electron chi connectivity index (χ2n) is 7.68. The molecule has 0 unspecified atom stereocenters. The van der Waals surface area contributed by atoms with Crippen molar-refractivity contribution in [1.29, 1.82) is 0 Å². The van der Waals surface area contributed by atoms with Crippen molar-refractivity contribution in [2.24, 2.45) is 0 Å². The smallest absolute Gasteiger partial charge is 0.179 e. The summed E-state index contributed by atoms with van der Waals surface area (Å²) in [6.07, 6.45) is 2.04. The highest BCUT2D eigenvalue weighted by molar-refractivity contribution is 7.91. The summed E-state index contributed by atoms with van der Waals surface area (Å²) in [5, 5.41) is 0.561. The van der Waals surface area contributed by atoms with Crippen molar-refractivity contribution in [2.45, 2.75) is 58.1 Å². The molecule has 0 aliphatic carbocycles. The van der Waals surface area contributed by atoms with Crippen LogP contribution in [-0.4, -0.2) is 35.3 Å². The van der Waals surface area contributed by atoms with E-state index < -0.39 is 9.84 Å². The van der Waals surface area contributed by atoms with E-state index in [0.717, 1.165) is 35.4 Å². The molecule has 0 radical (unpaired) electrons. The fourth-order valence-corrected chi connectivity index (χ4v) is 5.86. The maximum absolute atomic E-state index is 12.6. The Morgan fingerprint density at radius 2 is 1.88 bits per heavy atom. The Morgan fingerprint density at radius 1 is 1.12 bits per heavy atom. The number of pyridine rings is 1. The van der Waals surface area contributed by atoms with Gasteiger partial charge in [0.1, 0.15) is 17.9 Å². The summed E-state index contributed by atoms with van der Waals surface area (Å²) in [4.78, 5) is 9.19. The molecule has 2 heterocycles. The molecule has 2 aromatic heterocycles. The molecule has 0 spiro atoms. The average Bonchev–Trinajstić information content (AvgIpc) is 3.09. The number of hydrogen-bond acceptors (Lipinski definition) is 6. The fourth-order valence-electron chi connectivity index (χ4n) is 3.67. The number of nitrogen functional groups attached to an aromatic ring is 1. The second kappa shape index (κ2) is 10.4. The molecule has 3 rings (SSSR count). The van der Waals surface area contributed by atoms with E-state index in [-0.39, 0.29) is 15.7 Å². The van der Waals surface area contributed by atoms with Crippen LogP contribution in [0, 0.1) is 13.8 Å². The van der Waals surface area contributed by atoms with Gasteiger partial charge in [-0.1, -0.05) is 29.6 Å². The van der Waals surface area contributed by atoms with Crippen molar-refractivity contribution in [3.8, 4) is 0 Å². The highest BCUT2D eigenvalue weighted by Gasteiger charge is 2.19. The van der Waals surface area contributed by atoms with E-state index in [4.69, 9.17) is 33.7 Å². The Hall–Kier alpha value is -1.87. The van der Waals surface area contributed by atoms with Crippen molar-refractivity contribution >= 4 is 49.9 Å². The first-order chi connectivity index (χ1) is 15.2. The largest absolute Gasteiger partial charge is 0.382 e. The number of hydrogen-bond donors (Lipinski definition) is 1. The van der Waals surface area contributed by atoms with Crippen molar-refractivity contribution < 1.29 is 13.2 Å². The number of aromatic nitrogens is 3. The number of nitrogens with two attached hydrogens (primary N) is 1. The zero-order valence-corrected chi connectivity index (χ0v) is 20.8. The third-order valence-electron chi connectivity index (χ3n) is 5.43. The normalized spacial score (nSPS) is 12.0. The van der Waals surface area contributed by atoms with Crippen LogP contribution in [-0.2, 0) is 27.7 Å². The number of ether oxygens (including phenoxy) is 1. The Kier molecular flexibility index (Phi) is 8.03. The van der Waals surface area contributed by atoms with Gasteiger partial charge in [-0.2, -0.15) is 0 Å². The Labute approximate surface area is 198 Å². The summed E-state index contributed by atoms with van der Waals surface area (Å²) in [7, 11) is -3.47. The first-order valence-electron chi connectivity index (χ1n) is 10.5. The van der Waals surface area contributed by atoms with E-state index in [2.05, 4.69) is 14.5 Å². The summed E-state index contributed by atoms with van der Waals surface area (Å²) < 4.78 is 33.0. The van der Waals surface area contributed by atoms with Crippen LogP contribution in [0.25, 0.3) is 11.0 Å². The van der Waals surface area contributed by atoms with Crippen molar-refractivity contribution in [1.82, 2.24) is 14.5 Å². The van der Waals surface area contributed by atoms with Gasteiger partial charge in [0.2, 0.25) is 0 Å². The Bertz CT molecular complexity index is 1230. The van der Waals surface area contributed by atoms with Gasteiger partial charge in [0.25, 0.3) is 0 Å². The first-order valence-corrected chi connectivity index (χ1v) is 12.9. The van der Waals surface area contributed by atoms with Crippen LogP contribution in [0.2, 0.25) is 10.0 Å². The first kappa shape index (κ1) is 24.8. The van der Waals surface area contributed by atoms with Gasteiger partial charge in [0.15, 0.2) is 15.7 Å². The molecule has 0 aliphatic rings. The van der Waals surface area contributed by atoms with E-state index in [1.54, 1.807) is 0 Å². The molecule has 10 heteroatoms. The quantitative estimate of drug-likeness (QED) is 0.389. The lowest BCUT2D eigenvalue weighted by molar-refractivity contribution is 0.126. The van der Waals surface area contributed by atoms with Crippen LogP contribution >= 0.6 is 23.2 Å². The topological polar surface area (TPSA) is 100 Å². The standard InChI is InChI=1S/C22H28Cl2N4O3S/c1-4-31-13-19-27-20-21(14(2)15(3)26-22(20)25)28(19)10-6-5-7-11-32(29,30)18-9-8-16(23)12-17(18)24/h8-9,12H,4-7,10-11,13H2,1-3H3,(H2,25,26). The van der Waals surface area contributed by atoms with Gasteiger partial charge in [0, 0.05) is 23.9 Å². The molecule has 0 atom stereocenters. The van der Waals surface area contributed by atoms with Gasteiger partial charge < -0.3 is 15.0 Å². The van der Waals surface area contributed by atoms with Gasteiger partial charge >= 0.3 is 0 Å². The van der Waals surface area contributed by atoms with E-state index >= 15 is 0 Å². The van der Waals surface area contributed by atoms with Crippen LogP contribution in [0.15, 0.2) is 23.1 Å². The third-order valence-corrected chi connectivity index (χ3v) is 7.95. The Morgan fingerprint density at radius 3 is 2.56 bits per heavy atom. The molecule has 0 saturated carbocycles. The number of rotatable bonds is 10. The molecule has 1 aromatic carbocycles. The number of unbranched alkanes of at least 4 members (excludes halogenated alkanes) is 2. The van der Waals surface area contributed by atoms with E-state index in [1.807, 2.05) is 20.8 Å². The monoisotopic (exact) mass is 498 g/mol. The lowest BCUT2D eigenvalue weighted by atomic mass is 10.2. The van der Waals surface area contributed by atoms with Crippen LogP contribution in [0.1, 0.15) is 43.3 Å². The summed E-state index contributed by atoms with van der Waals surface area (Å²) in [6, 6.07) is 4.45. The summed E-state index contributed by atoms with van der Waals surface area (Å²) >= 11 is 11.9. The molecule has 32 heavy (non-hydrogen) atoms. The molecule has 0 aliphatic heterocycles. The molecular formula is C22H28Cl2N4O3S. The number of sulfone groups is 1. The summed E-state index contributed by atoms with van der Waals surface area (Å²) in [5.41, 5.74) is 9.67. The predicted octanol–water partition coefficient (Wildman–Crippen LogP) is 5.12. The zero-order valence-electron chi connectivity index (χ0n) is 18.5. The van der Waals surface area contributed by atoms with Crippen LogP contribution < -0.4 is 5.73 Å². The maximum Gasteiger partial charge on any atom is 0.179 e. The van der Waals surface area contributed by atoms with Gasteiger partial charge in [-0.05, 0) is 57.4 Å². The molecule has 0 bridgehead atoms. The minimum absolute atomic E-state index is 0.0276. The zero-order chi connectivity index (χ0) is 23.5. The van der Waals surface area contributed by atoms with Gasteiger partial charge in [0.05, 0.1) is 21.2 Å². The lowest BCUT2D eigenvalue weighted by Crippen LogP contribution is -2.09. The minimum atomic E-state index is -3.47. The fraction of sp³-hybridized carbons (Fsp3) is 0.455. The van der Waals surface area contributed by atoms with Crippen molar-refractivity contribution in [3.63, 3.8) is 0 Å². The molecule has 7 nitrogen and oxygen atoms in total. The van der Waals surface area contributed by atoms with Crippen LogP contribution in [0.3, 0.4) is 0 Å². The van der Waals surface area contributed by atoms with Gasteiger partial charge in [-0.25, -0.2) is 18.4 Å². The number of imidazole rings is 1. The Balaban J connectivity index is 1.71. The number of anilines is 1. The number of benzene rings is 1. The maximum atomic E-state index is 12.6. The summed E-state index contributed by atoms with van der Waals surface area (Å²) in [6.45, 7) is 7.52.